The summed E-state index contributed by atoms with van der Waals surface area (Å²) in [6.45, 7) is 5.06. The molecule has 0 saturated carbocycles. The van der Waals surface area contributed by atoms with Crippen LogP contribution in [0.15, 0.2) is 53.6 Å². The highest BCUT2D eigenvalue weighted by Gasteiger charge is 2.22. The zero-order valence-electron chi connectivity index (χ0n) is 20.1. The van der Waals surface area contributed by atoms with Crippen LogP contribution in [0.3, 0.4) is 0 Å². The van der Waals surface area contributed by atoms with Crippen molar-refractivity contribution in [3.63, 3.8) is 0 Å². The molecule has 0 radical (unpaired) electrons. The quantitative estimate of drug-likeness (QED) is 0.417. The van der Waals surface area contributed by atoms with Gasteiger partial charge in [0.25, 0.3) is 11.5 Å². The highest BCUT2D eigenvalue weighted by molar-refractivity contribution is 5.92. The zero-order chi connectivity index (χ0) is 25.2. The fraction of sp³-hybridized carbons (Fsp3) is 0.269. The molecule has 5 rings (SSSR count). The number of H-pyrrole nitrogens is 1. The predicted molar refractivity (Wildman–Crippen MR) is 135 cm³/mol. The first-order chi connectivity index (χ1) is 17.4. The summed E-state index contributed by atoms with van der Waals surface area (Å²) in [5, 5.41) is 2.45. The average Bonchev–Trinajstić information content (AvgIpc) is 2.90. The van der Waals surface area contributed by atoms with Crippen molar-refractivity contribution in [1.82, 2.24) is 30.2 Å². The highest BCUT2D eigenvalue weighted by atomic mass is 19.1. The number of nitrogens with one attached hydrogen (secondary N) is 2. The molecule has 0 atom stereocenters. The molecule has 1 aliphatic heterocycles. The molecular weight excluding hydrogens is 461 g/mol. The summed E-state index contributed by atoms with van der Waals surface area (Å²) in [6, 6.07) is 11.1. The highest BCUT2D eigenvalue weighted by Crippen LogP contribution is 2.28. The van der Waals surface area contributed by atoms with E-state index in [1.165, 1.54) is 13.1 Å². The maximum Gasteiger partial charge on any atom is 0.269 e. The number of hydrogen-bond acceptors (Lipinski definition) is 7. The summed E-state index contributed by atoms with van der Waals surface area (Å²) in [6.07, 6.45) is 3.51. The smallest absolute Gasteiger partial charge is 0.269 e. The number of aromatic nitrogens is 4. The molecule has 4 aromatic rings. The molecule has 1 fully saturated rings. The number of carbonyl (C=O) groups excluding carboxylic acids is 1. The second kappa shape index (κ2) is 9.82. The van der Waals surface area contributed by atoms with Gasteiger partial charge >= 0.3 is 0 Å². The van der Waals surface area contributed by atoms with Gasteiger partial charge in [-0.25, -0.2) is 9.97 Å². The van der Waals surface area contributed by atoms with Crippen molar-refractivity contribution in [2.75, 3.05) is 38.1 Å². The number of halogens is 1. The third kappa shape index (κ3) is 4.67. The van der Waals surface area contributed by atoms with Gasteiger partial charge in [-0.1, -0.05) is 6.07 Å². The monoisotopic (exact) mass is 487 g/mol. The van der Waals surface area contributed by atoms with Crippen LogP contribution >= 0.6 is 0 Å². The van der Waals surface area contributed by atoms with E-state index in [9.17, 15) is 14.0 Å². The third-order valence-corrected chi connectivity index (χ3v) is 6.41. The van der Waals surface area contributed by atoms with E-state index in [-0.39, 0.29) is 11.3 Å². The van der Waals surface area contributed by atoms with Gasteiger partial charge in [0.2, 0.25) is 5.95 Å². The Morgan fingerprint density at radius 3 is 2.64 bits per heavy atom. The van der Waals surface area contributed by atoms with E-state index in [2.05, 4.69) is 36.2 Å². The number of aromatic amines is 1. The Hall–Kier alpha value is -4.18. The maximum absolute atomic E-state index is 14.6. The van der Waals surface area contributed by atoms with Gasteiger partial charge in [0.1, 0.15) is 11.4 Å². The first-order valence-electron chi connectivity index (χ1n) is 11.7. The number of nitrogens with zero attached hydrogens (tertiary/aromatic N) is 5. The predicted octanol–water partition coefficient (Wildman–Crippen LogP) is 2.51. The van der Waals surface area contributed by atoms with Crippen LogP contribution in [0.25, 0.3) is 22.2 Å². The molecule has 1 saturated heterocycles. The fourth-order valence-electron chi connectivity index (χ4n) is 4.50. The topological polar surface area (TPSA) is 107 Å². The van der Waals surface area contributed by atoms with Gasteiger partial charge in [-0.3, -0.25) is 19.5 Å². The maximum atomic E-state index is 14.6. The molecule has 2 N–H and O–H groups in total. The minimum atomic E-state index is -0.646. The summed E-state index contributed by atoms with van der Waals surface area (Å²) >= 11 is 0. The molecule has 1 amide bonds. The molecule has 10 heteroatoms. The molecule has 1 aliphatic rings. The number of amides is 1. The molecule has 0 spiro atoms. The number of benzene rings is 1. The van der Waals surface area contributed by atoms with Crippen molar-refractivity contribution in [3.05, 3.63) is 82.0 Å². The van der Waals surface area contributed by atoms with E-state index < -0.39 is 11.9 Å². The van der Waals surface area contributed by atoms with Crippen molar-refractivity contribution < 1.29 is 9.18 Å². The molecule has 0 bridgehead atoms. The van der Waals surface area contributed by atoms with Gasteiger partial charge in [-0.15, -0.1) is 0 Å². The third-order valence-electron chi connectivity index (χ3n) is 6.41. The van der Waals surface area contributed by atoms with Crippen LogP contribution in [-0.4, -0.2) is 64.0 Å². The number of piperazine rings is 1. The Morgan fingerprint density at radius 1 is 1.14 bits per heavy atom. The van der Waals surface area contributed by atoms with Gasteiger partial charge in [-0.2, -0.15) is 4.39 Å². The van der Waals surface area contributed by atoms with Crippen LogP contribution in [0.4, 0.5) is 10.1 Å². The van der Waals surface area contributed by atoms with Gasteiger partial charge < -0.3 is 15.2 Å². The molecule has 9 nitrogen and oxygen atoms in total. The standard InChI is InChI=1S/C26H26FN7O2/c1-16-25(35)32-21-13-17(12-19(23(21)30-16)18-4-3-7-29-14-18)15-33-8-10-34(11-9-33)22-6-5-20(26(36)28-2)31-24(22)27/h3-7,12-14H,8-11,15H2,1-2H3,(H,28,36)(H,32,35). The molecule has 4 heterocycles. The number of carbonyl (C=O) groups is 1. The van der Waals surface area contributed by atoms with Crippen molar-refractivity contribution in [2.24, 2.45) is 0 Å². The Kier molecular flexibility index (Phi) is 6.43. The fourth-order valence-corrected chi connectivity index (χ4v) is 4.50. The summed E-state index contributed by atoms with van der Waals surface area (Å²) in [5.41, 5.74) is 4.96. The Morgan fingerprint density at radius 2 is 1.94 bits per heavy atom. The van der Waals surface area contributed by atoms with Crippen LogP contribution in [0.2, 0.25) is 0 Å². The lowest BCUT2D eigenvalue weighted by atomic mass is 10.0. The second-order valence-electron chi connectivity index (χ2n) is 8.78. The molecule has 36 heavy (non-hydrogen) atoms. The number of pyridine rings is 2. The van der Waals surface area contributed by atoms with Crippen molar-refractivity contribution in [1.29, 1.82) is 0 Å². The van der Waals surface area contributed by atoms with Crippen LogP contribution in [0, 0.1) is 12.9 Å². The summed E-state index contributed by atoms with van der Waals surface area (Å²) in [4.78, 5) is 43.8. The lowest BCUT2D eigenvalue weighted by Gasteiger charge is -2.36. The molecule has 0 unspecified atom stereocenters. The van der Waals surface area contributed by atoms with Crippen LogP contribution in [0.1, 0.15) is 21.7 Å². The summed E-state index contributed by atoms with van der Waals surface area (Å²) in [5.74, 6) is -1.06. The summed E-state index contributed by atoms with van der Waals surface area (Å²) in [7, 11) is 1.49. The molecule has 184 valence electrons. The van der Waals surface area contributed by atoms with Gasteiger partial charge in [-0.05, 0) is 42.8 Å². The second-order valence-corrected chi connectivity index (χ2v) is 8.78. The normalized spacial score (nSPS) is 14.2. The lowest BCUT2D eigenvalue weighted by Crippen LogP contribution is -2.46. The summed E-state index contributed by atoms with van der Waals surface area (Å²) < 4.78 is 14.6. The van der Waals surface area contributed by atoms with E-state index in [4.69, 9.17) is 0 Å². The first kappa shape index (κ1) is 23.6. The Balaban J connectivity index is 1.36. The number of anilines is 1. The van der Waals surface area contributed by atoms with E-state index in [1.54, 1.807) is 25.4 Å². The molecule has 0 aliphatic carbocycles. The number of hydrogen-bond donors (Lipinski definition) is 2. The number of rotatable bonds is 5. The van der Waals surface area contributed by atoms with Gasteiger partial charge in [0.15, 0.2) is 0 Å². The molecular formula is C26H26FN7O2. The van der Waals surface area contributed by atoms with E-state index >= 15 is 0 Å². The van der Waals surface area contributed by atoms with Crippen molar-refractivity contribution >= 4 is 22.6 Å². The SMILES string of the molecule is CNC(=O)c1ccc(N2CCN(Cc3cc(-c4cccnc4)c4nc(C)c(=O)[nH]c4c3)CC2)c(F)n1. The van der Waals surface area contributed by atoms with E-state index in [1.807, 2.05) is 23.1 Å². The minimum absolute atomic E-state index is 0.0563. The Labute approximate surface area is 207 Å². The van der Waals surface area contributed by atoms with Gasteiger partial charge in [0.05, 0.1) is 16.7 Å². The zero-order valence-corrected chi connectivity index (χ0v) is 20.1. The van der Waals surface area contributed by atoms with Crippen molar-refractivity contribution in [2.45, 2.75) is 13.5 Å². The van der Waals surface area contributed by atoms with Crippen LogP contribution in [-0.2, 0) is 6.54 Å². The van der Waals surface area contributed by atoms with Crippen LogP contribution in [0.5, 0.6) is 0 Å². The van der Waals surface area contributed by atoms with Crippen LogP contribution < -0.4 is 15.8 Å². The lowest BCUT2D eigenvalue weighted by molar-refractivity contribution is 0.0957. The largest absolute Gasteiger partial charge is 0.365 e. The van der Waals surface area contributed by atoms with E-state index in [0.29, 0.717) is 36.5 Å². The number of aryl methyl sites for hydroxylation is 1. The average molecular weight is 488 g/mol. The molecule has 3 aromatic heterocycles. The van der Waals surface area contributed by atoms with E-state index in [0.717, 1.165) is 35.3 Å². The number of fused-ring (bicyclic) bond motifs is 1. The Bertz CT molecular complexity index is 1480. The first-order valence-corrected chi connectivity index (χ1v) is 11.7. The van der Waals surface area contributed by atoms with Crippen molar-refractivity contribution in [3.8, 4) is 11.1 Å². The minimum Gasteiger partial charge on any atom is -0.365 e. The molecule has 1 aromatic carbocycles. The van der Waals surface area contributed by atoms with Gasteiger partial charge in [0, 0.05) is 63.3 Å².